The Morgan fingerprint density at radius 1 is 1.37 bits per heavy atom. The van der Waals surface area contributed by atoms with Crippen LogP contribution in [0.15, 0.2) is 30.6 Å². The molecule has 0 saturated carbocycles. The lowest BCUT2D eigenvalue weighted by atomic mass is 10.4. The van der Waals surface area contributed by atoms with Gasteiger partial charge in [0.15, 0.2) is 0 Å². The van der Waals surface area contributed by atoms with Crippen molar-refractivity contribution in [3.8, 4) is 0 Å². The van der Waals surface area contributed by atoms with Crippen molar-refractivity contribution >= 4 is 5.65 Å². The number of pyridine rings is 1. The predicted octanol–water partition coefficient (Wildman–Crippen LogP) is 1.00. The van der Waals surface area contributed by atoms with E-state index >= 15 is 0 Å². The Morgan fingerprint density at radius 3 is 3.05 bits per heavy atom. The molecule has 0 aliphatic rings. The molecule has 0 fully saturated rings. The summed E-state index contributed by atoms with van der Waals surface area (Å²) in [6, 6.07) is 6.03. The number of rotatable bonds is 8. The van der Waals surface area contributed by atoms with E-state index in [2.05, 4.69) is 28.4 Å². The molecule has 2 aromatic rings. The molecule has 0 atom stereocenters. The Hall–Kier alpha value is -1.43. The van der Waals surface area contributed by atoms with Gasteiger partial charge in [0.2, 0.25) is 0 Å². The van der Waals surface area contributed by atoms with Gasteiger partial charge in [-0.3, -0.25) is 0 Å². The van der Waals surface area contributed by atoms with Crippen LogP contribution in [0.4, 0.5) is 0 Å². The van der Waals surface area contributed by atoms with Crippen molar-refractivity contribution < 1.29 is 4.74 Å². The Balaban J connectivity index is 1.70. The van der Waals surface area contributed by atoms with Crippen LogP contribution in [-0.4, -0.2) is 54.7 Å². The molecule has 2 rings (SSSR count). The normalized spacial score (nSPS) is 11.5. The van der Waals surface area contributed by atoms with E-state index in [0.29, 0.717) is 0 Å². The molecule has 2 aromatic heterocycles. The molecular formula is C14H22N4O. The van der Waals surface area contributed by atoms with Gasteiger partial charge in [-0.25, -0.2) is 4.98 Å². The molecule has 19 heavy (non-hydrogen) atoms. The Morgan fingerprint density at radius 2 is 2.26 bits per heavy atom. The minimum Gasteiger partial charge on any atom is -0.383 e. The molecular weight excluding hydrogens is 240 g/mol. The molecule has 0 aliphatic heterocycles. The number of hydrogen-bond donors (Lipinski definition) is 1. The quantitative estimate of drug-likeness (QED) is 0.721. The molecule has 5 heteroatoms. The average Bonchev–Trinajstić information content (AvgIpc) is 2.84. The van der Waals surface area contributed by atoms with Crippen molar-refractivity contribution in [3.05, 3.63) is 36.3 Å². The maximum Gasteiger partial charge on any atom is 0.137 e. The van der Waals surface area contributed by atoms with Gasteiger partial charge in [-0.15, -0.1) is 0 Å². The summed E-state index contributed by atoms with van der Waals surface area (Å²) < 4.78 is 7.09. The molecule has 0 aromatic carbocycles. The fraction of sp³-hybridized carbons (Fsp3) is 0.500. The van der Waals surface area contributed by atoms with Gasteiger partial charge in [0, 0.05) is 45.7 Å². The van der Waals surface area contributed by atoms with Gasteiger partial charge in [-0.05, 0) is 19.2 Å². The van der Waals surface area contributed by atoms with E-state index in [1.165, 1.54) is 0 Å². The highest BCUT2D eigenvalue weighted by atomic mass is 16.5. The zero-order valence-corrected chi connectivity index (χ0v) is 11.7. The summed E-state index contributed by atoms with van der Waals surface area (Å²) in [5.41, 5.74) is 2.07. The van der Waals surface area contributed by atoms with Crippen LogP contribution < -0.4 is 5.32 Å². The van der Waals surface area contributed by atoms with Crippen molar-refractivity contribution in [2.24, 2.45) is 0 Å². The van der Waals surface area contributed by atoms with Gasteiger partial charge in [-0.2, -0.15) is 0 Å². The first-order valence-electron chi connectivity index (χ1n) is 6.60. The minimum absolute atomic E-state index is 0.781. The zero-order chi connectivity index (χ0) is 13.5. The third kappa shape index (κ3) is 4.31. The van der Waals surface area contributed by atoms with Crippen molar-refractivity contribution in [1.29, 1.82) is 0 Å². The fourth-order valence-corrected chi connectivity index (χ4v) is 1.92. The first-order chi connectivity index (χ1) is 9.29. The van der Waals surface area contributed by atoms with E-state index in [4.69, 9.17) is 4.74 Å². The Kier molecular flexibility index (Phi) is 5.32. The topological polar surface area (TPSA) is 41.8 Å². The number of ether oxygens (including phenoxy) is 1. The Bertz CT molecular complexity index is 464. The van der Waals surface area contributed by atoms with Crippen molar-refractivity contribution in [2.45, 2.75) is 6.54 Å². The van der Waals surface area contributed by atoms with Crippen LogP contribution in [0.2, 0.25) is 0 Å². The smallest absolute Gasteiger partial charge is 0.137 e. The van der Waals surface area contributed by atoms with Crippen LogP contribution in [0, 0.1) is 0 Å². The third-order valence-corrected chi connectivity index (χ3v) is 3.07. The highest BCUT2D eigenvalue weighted by Crippen LogP contribution is 2.03. The van der Waals surface area contributed by atoms with Crippen molar-refractivity contribution in [3.63, 3.8) is 0 Å². The molecule has 104 valence electrons. The summed E-state index contributed by atoms with van der Waals surface area (Å²) in [6.45, 7) is 4.51. The van der Waals surface area contributed by atoms with Gasteiger partial charge in [0.05, 0.1) is 12.3 Å². The largest absolute Gasteiger partial charge is 0.383 e. The van der Waals surface area contributed by atoms with E-state index in [1.807, 2.05) is 28.8 Å². The number of nitrogens with zero attached hydrogens (tertiary/aromatic N) is 3. The van der Waals surface area contributed by atoms with Crippen LogP contribution in [0.1, 0.15) is 5.69 Å². The molecule has 2 heterocycles. The number of fused-ring (bicyclic) bond motifs is 1. The molecule has 0 unspecified atom stereocenters. The molecule has 0 amide bonds. The first-order valence-corrected chi connectivity index (χ1v) is 6.60. The lowest BCUT2D eigenvalue weighted by Gasteiger charge is -2.15. The molecule has 1 N–H and O–H groups in total. The van der Waals surface area contributed by atoms with Crippen molar-refractivity contribution in [2.75, 3.05) is 40.4 Å². The van der Waals surface area contributed by atoms with Gasteiger partial charge in [0.25, 0.3) is 0 Å². The summed E-state index contributed by atoms with van der Waals surface area (Å²) in [7, 11) is 3.83. The second-order valence-electron chi connectivity index (χ2n) is 4.67. The SMILES string of the molecule is COCCN(C)CCNCc1cn2ccccc2n1. The molecule has 0 aliphatic carbocycles. The number of hydrogen-bond acceptors (Lipinski definition) is 4. The van der Waals surface area contributed by atoms with Gasteiger partial charge in [-0.1, -0.05) is 6.07 Å². The highest BCUT2D eigenvalue weighted by Gasteiger charge is 2.01. The van der Waals surface area contributed by atoms with Gasteiger partial charge >= 0.3 is 0 Å². The predicted molar refractivity (Wildman–Crippen MR) is 76.3 cm³/mol. The average molecular weight is 262 g/mol. The second kappa shape index (κ2) is 7.23. The van der Waals surface area contributed by atoms with E-state index in [-0.39, 0.29) is 0 Å². The maximum atomic E-state index is 5.05. The highest BCUT2D eigenvalue weighted by molar-refractivity contribution is 5.39. The molecule has 0 saturated heterocycles. The van der Waals surface area contributed by atoms with Crippen molar-refractivity contribution in [1.82, 2.24) is 19.6 Å². The maximum absolute atomic E-state index is 5.05. The number of imidazole rings is 1. The van der Waals surface area contributed by atoms with Crippen LogP contribution in [0.3, 0.4) is 0 Å². The number of likely N-dealkylation sites (N-methyl/N-ethyl adjacent to an activating group) is 1. The standard InChI is InChI=1S/C14H22N4O/c1-17(9-10-19-2)8-6-15-11-13-12-18-7-4-3-5-14(18)16-13/h3-5,7,12,15H,6,8-11H2,1-2H3. The summed E-state index contributed by atoms with van der Waals surface area (Å²) >= 11 is 0. The number of nitrogens with one attached hydrogen (secondary N) is 1. The summed E-state index contributed by atoms with van der Waals surface area (Å²) in [5.74, 6) is 0. The lowest BCUT2D eigenvalue weighted by molar-refractivity contribution is 0.161. The number of methoxy groups -OCH3 is 1. The second-order valence-corrected chi connectivity index (χ2v) is 4.67. The molecule has 0 spiro atoms. The van der Waals surface area contributed by atoms with E-state index in [0.717, 1.165) is 44.1 Å². The molecule has 0 radical (unpaired) electrons. The third-order valence-electron chi connectivity index (χ3n) is 3.07. The van der Waals surface area contributed by atoms with E-state index in [9.17, 15) is 0 Å². The Labute approximate surface area is 114 Å². The summed E-state index contributed by atoms with van der Waals surface area (Å²) in [5, 5.41) is 3.41. The van der Waals surface area contributed by atoms with Gasteiger partial charge < -0.3 is 19.4 Å². The minimum atomic E-state index is 0.781. The van der Waals surface area contributed by atoms with E-state index < -0.39 is 0 Å². The van der Waals surface area contributed by atoms with E-state index in [1.54, 1.807) is 7.11 Å². The molecule has 0 bridgehead atoms. The monoisotopic (exact) mass is 262 g/mol. The molecule has 5 nitrogen and oxygen atoms in total. The fourth-order valence-electron chi connectivity index (χ4n) is 1.92. The van der Waals surface area contributed by atoms with Crippen LogP contribution in [0.25, 0.3) is 5.65 Å². The van der Waals surface area contributed by atoms with Crippen LogP contribution in [-0.2, 0) is 11.3 Å². The summed E-state index contributed by atoms with van der Waals surface area (Å²) in [4.78, 5) is 6.80. The lowest BCUT2D eigenvalue weighted by Crippen LogP contribution is -2.31. The van der Waals surface area contributed by atoms with Crippen LogP contribution in [0.5, 0.6) is 0 Å². The van der Waals surface area contributed by atoms with Gasteiger partial charge in [0.1, 0.15) is 5.65 Å². The number of aromatic nitrogens is 2. The van der Waals surface area contributed by atoms with Crippen LogP contribution >= 0.6 is 0 Å². The first kappa shape index (κ1) is 14.0. The zero-order valence-electron chi connectivity index (χ0n) is 11.7. The summed E-state index contributed by atoms with van der Waals surface area (Å²) in [6.07, 6.45) is 4.08.